The van der Waals surface area contributed by atoms with Crippen LogP contribution in [-0.2, 0) is 4.74 Å². The summed E-state index contributed by atoms with van der Waals surface area (Å²) in [5.74, 6) is 0. The average Bonchev–Trinajstić information content (AvgIpc) is 2.47. The van der Waals surface area contributed by atoms with E-state index in [2.05, 4.69) is 18.5 Å². The highest BCUT2D eigenvalue weighted by Gasteiger charge is 2.22. The fourth-order valence-corrected chi connectivity index (χ4v) is 0.892. The Morgan fingerprint density at radius 1 is 1.83 bits per heavy atom. The smallest absolute Gasteiger partial charge is 0.407 e. The van der Waals surface area contributed by atoms with E-state index in [1.807, 2.05) is 0 Å². The topological polar surface area (TPSA) is 38.3 Å². The van der Waals surface area contributed by atoms with Gasteiger partial charge in [0.2, 0.25) is 0 Å². The Labute approximate surface area is 72.9 Å². The van der Waals surface area contributed by atoms with Crippen molar-refractivity contribution >= 4 is 6.09 Å². The molecule has 1 aliphatic heterocycles. The van der Waals surface area contributed by atoms with E-state index in [1.54, 1.807) is 18.2 Å². The van der Waals surface area contributed by atoms with Gasteiger partial charge in [0.05, 0.1) is 6.04 Å². The molecule has 0 saturated carbocycles. The van der Waals surface area contributed by atoms with Crippen LogP contribution in [0.4, 0.5) is 4.79 Å². The van der Waals surface area contributed by atoms with Gasteiger partial charge in [-0.2, -0.15) is 0 Å². The molecule has 0 spiro atoms. The third-order valence-electron chi connectivity index (χ3n) is 1.57. The summed E-state index contributed by atoms with van der Waals surface area (Å²) in [6.45, 7) is 7.67. The van der Waals surface area contributed by atoms with Crippen molar-refractivity contribution in [2.45, 2.75) is 6.04 Å². The Bertz CT molecular complexity index is 248. The van der Waals surface area contributed by atoms with Gasteiger partial charge in [-0.25, -0.2) is 4.79 Å². The van der Waals surface area contributed by atoms with Crippen molar-refractivity contribution in [3.63, 3.8) is 0 Å². The van der Waals surface area contributed by atoms with Crippen molar-refractivity contribution in [2.75, 3.05) is 6.61 Å². The number of carbonyl (C=O) groups excluding carboxylic acids is 1. The van der Waals surface area contributed by atoms with Gasteiger partial charge < -0.3 is 10.1 Å². The average molecular weight is 167 g/mol. The zero-order valence-electron chi connectivity index (χ0n) is 6.75. The molecule has 0 unspecified atom stereocenters. The summed E-state index contributed by atoms with van der Waals surface area (Å²) in [4.78, 5) is 10.6. The van der Waals surface area contributed by atoms with Crippen molar-refractivity contribution in [1.82, 2.24) is 5.32 Å². The van der Waals surface area contributed by atoms with Crippen LogP contribution in [0, 0.1) is 0 Å². The van der Waals surface area contributed by atoms with Crippen molar-refractivity contribution < 1.29 is 11.0 Å². The predicted molar refractivity (Wildman–Crippen MR) is 48.9 cm³/mol. The van der Waals surface area contributed by atoms with Gasteiger partial charge in [-0.3, -0.25) is 0 Å². The molecule has 3 nitrogen and oxygen atoms in total. The largest absolute Gasteiger partial charge is 0.447 e. The second-order valence-corrected chi connectivity index (χ2v) is 2.47. The van der Waals surface area contributed by atoms with E-state index in [9.17, 15) is 4.79 Å². The number of cyclic esters (lactones) is 1. The van der Waals surface area contributed by atoms with Gasteiger partial charge in [-0.05, 0) is 5.57 Å². The molecule has 66 valence electrons. The highest BCUT2D eigenvalue weighted by Crippen LogP contribution is 2.07. The lowest BCUT2D eigenvalue weighted by molar-refractivity contribution is 0.177. The van der Waals surface area contributed by atoms with Crippen LogP contribution in [0.15, 0.2) is 37.0 Å². The van der Waals surface area contributed by atoms with Crippen LogP contribution in [0.25, 0.3) is 0 Å². The van der Waals surface area contributed by atoms with E-state index in [-0.39, 0.29) is 13.6 Å². The minimum absolute atomic E-state index is 0. The van der Waals surface area contributed by atoms with Crippen molar-refractivity contribution in [3.8, 4) is 0 Å². The van der Waals surface area contributed by atoms with Gasteiger partial charge in [0.25, 0.3) is 0 Å². The zero-order chi connectivity index (χ0) is 8.97. The molecule has 1 saturated heterocycles. The van der Waals surface area contributed by atoms with Gasteiger partial charge in [-0.15, -0.1) is 0 Å². The zero-order valence-corrected chi connectivity index (χ0v) is 6.75. The molecule has 0 aromatic rings. The molecule has 1 N–H and O–H groups in total. The first-order valence-electron chi connectivity index (χ1n) is 3.65. The van der Waals surface area contributed by atoms with Crippen LogP contribution in [-0.4, -0.2) is 18.7 Å². The van der Waals surface area contributed by atoms with Crippen LogP contribution in [0.5, 0.6) is 0 Å². The molecule has 1 fully saturated rings. The molecule has 1 rings (SSSR count). The van der Waals surface area contributed by atoms with E-state index in [1.165, 1.54) is 0 Å². The second kappa shape index (κ2) is 3.76. The van der Waals surface area contributed by atoms with E-state index in [0.717, 1.165) is 5.57 Å². The molecule has 0 aliphatic carbocycles. The number of alkyl carbamates (subject to hydrolysis) is 1. The molecule has 3 heteroatoms. The number of hydrogen-bond acceptors (Lipinski definition) is 2. The lowest BCUT2D eigenvalue weighted by Crippen LogP contribution is -2.26. The van der Waals surface area contributed by atoms with E-state index < -0.39 is 0 Å². The Balaban J connectivity index is 0.00000144. The normalized spacial score (nSPS) is 22.0. The number of allylic oxidation sites excluding steroid dienone is 2. The number of amides is 1. The summed E-state index contributed by atoms with van der Waals surface area (Å²) < 4.78 is 4.70. The predicted octanol–water partition coefficient (Wildman–Crippen LogP) is 1.64. The minimum Gasteiger partial charge on any atom is -0.447 e. The maximum atomic E-state index is 10.6. The summed E-state index contributed by atoms with van der Waals surface area (Å²) in [6, 6.07) is -0.0892. The highest BCUT2D eigenvalue weighted by molar-refractivity contribution is 5.70. The monoisotopic (exact) mass is 167 g/mol. The van der Waals surface area contributed by atoms with E-state index in [0.29, 0.717) is 6.61 Å². The first-order chi connectivity index (χ1) is 5.74. The molecule has 1 atom stereocenters. The third-order valence-corrected chi connectivity index (χ3v) is 1.57. The highest BCUT2D eigenvalue weighted by atomic mass is 16.6. The summed E-state index contributed by atoms with van der Waals surface area (Å²) in [5, 5.41) is 2.62. The van der Waals surface area contributed by atoms with Crippen LogP contribution >= 0.6 is 0 Å². The van der Waals surface area contributed by atoms with Crippen molar-refractivity contribution in [2.24, 2.45) is 0 Å². The maximum absolute atomic E-state index is 10.6. The van der Waals surface area contributed by atoms with Crippen LogP contribution in [0.1, 0.15) is 1.43 Å². The Hall–Kier alpha value is -1.51. The first-order valence-corrected chi connectivity index (χ1v) is 3.65. The Morgan fingerprint density at radius 2 is 2.58 bits per heavy atom. The molecular formula is C9H13NO2. The third kappa shape index (κ3) is 1.99. The fourth-order valence-electron chi connectivity index (χ4n) is 0.892. The number of ether oxygens (including phenoxy) is 1. The number of carbonyl (C=O) groups is 1. The lowest BCUT2D eigenvalue weighted by atomic mass is 10.1. The molecule has 0 aromatic carbocycles. The molecule has 0 bridgehead atoms. The molecule has 1 aliphatic rings. The lowest BCUT2D eigenvalue weighted by Gasteiger charge is -2.05. The van der Waals surface area contributed by atoms with Crippen LogP contribution in [0.3, 0.4) is 0 Å². The first kappa shape index (κ1) is 8.59. The van der Waals surface area contributed by atoms with Crippen molar-refractivity contribution in [3.05, 3.63) is 37.0 Å². The Kier molecular flexibility index (Phi) is 2.69. The molecule has 12 heavy (non-hydrogen) atoms. The van der Waals surface area contributed by atoms with Gasteiger partial charge in [0, 0.05) is 1.43 Å². The Morgan fingerprint density at radius 3 is 3.08 bits per heavy atom. The van der Waals surface area contributed by atoms with Gasteiger partial charge >= 0.3 is 6.09 Å². The molecular weight excluding hydrogens is 154 g/mol. The van der Waals surface area contributed by atoms with Gasteiger partial charge in [0.1, 0.15) is 6.61 Å². The molecule has 1 amide bonds. The van der Waals surface area contributed by atoms with E-state index >= 15 is 0 Å². The quantitative estimate of drug-likeness (QED) is 0.649. The van der Waals surface area contributed by atoms with Crippen LogP contribution in [0.2, 0.25) is 0 Å². The van der Waals surface area contributed by atoms with E-state index in [4.69, 9.17) is 4.74 Å². The summed E-state index contributed by atoms with van der Waals surface area (Å²) in [6.07, 6.45) is 4.84. The number of hydrogen-bond donors (Lipinski definition) is 1. The summed E-state index contributed by atoms with van der Waals surface area (Å²) >= 11 is 0. The van der Waals surface area contributed by atoms with Gasteiger partial charge in [0.15, 0.2) is 0 Å². The maximum Gasteiger partial charge on any atom is 0.407 e. The summed E-state index contributed by atoms with van der Waals surface area (Å²) in [7, 11) is 0. The van der Waals surface area contributed by atoms with Gasteiger partial charge in [-0.1, -0.05) is 31.4 Å². The minimum atomic E-state index is -0.381. The van der Waals surface area contributed by atoms with Crippen LogP contribution < -0.4 is 5.32 Å². The number of rotatable bonds is 3. The molecule has 0 aromatic heterocycles. The second-order valence-electron chi connectivity index (χ2n) is 2.47. The summed E-state index contributed by atoms with van der Waals surface area (Å²) in [5.41, 5.74) is 0.820. The van der Waals surface area contributed by atoms with Crippen molar-refractivity contribution in [1.29, 1.82) is 0 Å². The SMILES string of the molecule is C=C/C=C\C(=C)[C@@H]1COC(=O)N1.[HH]. The molecule has 0 radical (unpaired) electrons. The number of nitrogens with one attached hydrogen (secondary N) is 1. The fraction of sp³-hybridized carbons (Fsp3) is 0.222. The standard InChI is InChI=1S/C9H11NO2.H2/c1-3-4-5-7(2)8-6-12-9(11)10-8;/h3-5,8H,1-2,6H2,(H,10,11);1H/b5-4-;/t8-;/m0./s1. The molecule has 1 heterocycles.